The number of hydrogen-bond acceptors (Lipinski definition) is 8. The lowest BCUT2D eigenvalue weighted by Crippen LogP contribution is -2.48. The number of ketones is 1. The van der Waals surface area contributed by atoms with Gasteiger partial charge in [-0.1, -0.05) is 0 Å². The molecule has 1 rings (SSSR count). The van der Waals surface area contributed by atoms with Crippen LogP contribution in [0.15, 0.2) is 0 Å². The van der Waals surface area contributed by atoms with E-state index in [1.165, 1.54) is 6.92 Å². The zero-order valence-corrected chi connectivity index (χ0v) is 15.5. The topological polar surface area (TPSA) is 101 Å². The molecule has 26 heavy (non-hydrogen) atoms. The van der Waals surface area contributed by atoms with E-state index < -0.39 is 5.97 Å². The highest BCUT2D eigenvalue weighted by molar-refractivity contribution is 5.77. The van der Waals surface area contributed by atoms with Crippen molar-refractivity contribution in [2.75, 3.05) is 78.5 Å². The zero-order chi connectivity index (χ0) is 19.4. The van der Waals surface area contributed by atoms with Crippen molar-refractivity contribution in [3.05, 3.63) is 0 Å². The Morgan fingerprint density at radius 2 is 1.08 bits per heavy atom. The Bertz CT molecular complexity index is 432. The van der Waals surface area contributed by atoms with E-state index in [2.05, 4.69) is 0 Å². The van der Waals surface area contributed by atoms with Crippen LogP contribution in [-0.2, 0) is 19.2 Å². The molecular formula is C17H30N4O5. The normalized spacial score (nSPS) is 20.0. The second-order valence-electron chi connectivity index (χ2n) is 6.58. The summed E-state index contributed by atoms with van der Waals surface area (Å²) in [6, 6.07) is 0. The second-order valence-corrected chi connectivity index (χ2v) is 6.58. The third kappa shape index (κ3) is 9.71. The van der Waals surface area contributed by atoms with Crippen molar-refractivity contribution in [2.45, 2.75) is 6.92 Å². The first-order valence-electron chi connectivity index (χ1n) is 8.92. The molecule has 0 amide bonds. The van der Waals surface area contributed by atoms with Gasteiger partial charge in [0.2, 0.25) is 0 Å². The van der Waals surface area contributed by atoms with Crippen LogP contribution in [0.3, 0.4) is 0 Å². The first-order valence-corrected chi connectivity index (χ1v) is 8.92. The Morgan fingerprint density at radius 3 is 1.38 bits per heavy atom. The number of carbonyl (C=O) groups is 4. The fraction of sp³-hybridized carbons (Fsp3) is 0.765. The molecule has 9 nitrogen and oxygen atoms in total. The van der Waals surface area contributed by atoms with Gasteiger partial charge in [0.15, 0.2) is 0 Å². The third-order valence-corrected chi connectivity index (χ3v) is 4.40. The molecule has 0 bridgehead atoms. The SMILES string of the molecule is CC(=O)CN1CCN(CC=O)CCN(CC=O)CCN(CC(=O)O)CC1. The molecule has 1 fully saturated rings. The Balaban J connectivity index is 2.82. The number of hydrogen-bond donors (Lipinski definition) is 1. The van der Waals surface area contributed by atoms with E-state index in [1.807, 2.05) is 19.6 Å². The van der Waals surface area contributed by atoms with Crippen LogP contribution in [0.4, 0.5) is 0 Å². The minimum absolute atomic E-state index is 0.0565. The number of Topliss-reactive ketones (excluding diaryl/α,β-unsaturated/α-hetero) is 1. The predicted octanol–water partition coefficient (Wildman–Crippen LogP) is -1.72. The highest BCUT2D eigenvalue weighted by Crippen LogP contribution is 2.00. The molecular weight excluding hydrogens is 340 g/mol. The highest BCUT2D eigenvalue weighted by Gasteiger charge is 2.18. The van der Waals surface area contributed by atoms with E-state index in [0.717, 1.165) is 12.6 Å². The molecule has 1 N–H and O–H groups in total. The van der Waals surface area contributed by atoms with Gasteiger partial charge in [-0.25, -0.2) is 0 Å². The van der Waals surface area contributed by atoms with Crippen molar-refractivity contribution < 1.29 is 24.3 Å². The van der Waals surface area contributed by atoms with Crippen molar-refractivity contribution in [3.8, 4) is 0 Å². The summed E-state index contributed by atoms with van der Waals surface area (Å²) < 4.78 is 0. The van der Waals surface area contributed by atoms with Gasteiger partial charge >= 0.3 is 5.97 Å². The zero-order valence-electron chi connectivity index (χ0n) is 15.5. The smallest absolute Gasteiger partial charge is 0.317 e. The van der Waals surface area contributed by atoms with Crippen molar-refractivity contribution in [2.24, 2.45) is 0 Å². The van der Waals surface area contributed by atoms with Crippen LogP contribution in [0.2, 0.25) is 0 Å². The van der Waals surface area contributed by atoms with Gasteiger partial charge in [0, 0.05) is 52.4 Å². The molecule has 1 heterocycles. The van der Waals surface area contributed by atoms with Gasteiger partial charge in [0.25, 0.3) is 0 Å². The lowest BCUT2D eigenvalue weighted by atomic mass is 10.3. The van der Waals surface area contributed by atoms with Crippen LogP contribution < -0.4 is 0 Å². The summed E-state index contributed by atoms with van der Waals surface area (Å²) in [7, 11) is 0. The fourth-order valence-electron chi connectivity index (χ4n) is 2.98. The Labute approximate surface area is 154 Å². The molecule has 0 radical (unpaired) electrons. The lowest BCUT2D eigenvalue weighted by Gasteiger charge is -2.32. The summed E-state index contributed by atoms with van der Waals surface area (Å²) in [5.74, 6) is -0.838. The number of aldehydes is 2. The fourth-order valence-corrected chi connectivity index (χ4v) is 2.98. The Hall–Kier alpha value is -1.68. The molecule has 0 spiro atoms. The maximum Gasteiger partial charge on any atom is 0.317 e. The Kier molecular flexibility index (Phi) is 10.9. The molecule has 0 aliphatic carbocycles. The first kappa shape index (κ1) is 22.4. The molecule has 0 aromatic heterocycles. The number of nitrogens with zero attached hydrogens (tertiary/aromatic N) is 4. The lowest BCUT2D eigenvalue weighted by molar-refractivity contribution is -0.138. The molecule has 1 aliphatic rings. The molecule has 0 atom stereocenters. The van der Waals surface area contributed by atoms with E-state index in [1.54, 1.807) is 0 Å². The average Bonchev–Trinajstić information content (AvgIpc) is 2.56. The van der Waals surface area contributed by atoms with Gasteiger partial charge in [-0.15, -0.1) is 0 Å². The van der Waals surface area contributed by atoms with Gasteiger partial charge in [0.1, 0.15) is 18.4 Å². The van der Waals surface area contributed by atoms with E-state index in [0.29, 0.717) is 65.4 Å². The second kappa shape index (κ2) is 12.6. The van der Waals surface area contributed by atoms with Gasteiger partial charge in [-0.05, 0) is 6.92 Å². The standard InChI is InChI=1S/C17H30N4O5/c1-16(24)14-20-6-4-18(10-12-22)2-3-19(11-13-23)5-7-21(9-8-20)15-17(25)26/h12-13H,2-11,14-15H2,1H3,(H,25,26). The van der Waals surface area contributed by atoms with Crippen LogP contribution in [0.5, 0.6) is 0 Å². The van der Waals surface area contributed by atoms with Crippen LogP contribution in [0.25, 0.3) is 0 Å². The van der Waals surface area contributed by atoms with Crippen LogP contribution >= 0.6 is 0 Å². The minimum atomic E-state index is -0.894. The van der Waals surface area contributed by atoms with Gasteiger partial charge in [0.05, 0.1) is 26.2 Å². The van der Waals surface area contributed by atoms with Gasteiger partial charge < -0.3 is 14.7 Å². The maximum atomic E-state index is 11.5. The first-order chi connectivity index (χ1) is 12.4. The summed E-state index contributed by atoms with van der Waals surface area (Å²) in [6.45, 7) is 7.12. The monoisotopic (exact) mass is 370 g/mol. The predicted molar refractivity (Wildman–Crippen MR) is 96.2 cm³/mol. The van der Waals surface area contributed by atoms with E-state index in [4.69, 9.17) is 5.11 Å². The molecule has 0 aromatic carbocycles. The molecule has 0 unspecified atom stereocenters. The minimum Gasteiger partial charge on any atom is -0.480 e. The molecule has 148 valence electrons. The van der Waals surface area contributed by atoms with Crippen molar-refractivity contribution in [3.63, 3.8) is 0 Å². The number of carbonyl (C=O) groups excluding carboxylic acids is 3. The number of aliphatic carboxylic acids is 1. The summed E-state index contributed by atoms with van der Waals surface area (Å²) in [4.78, 5) is 52.2. The van der Waals surface area contributed by atoms with Gasteiger partial charge in [-0.2, -0.15) is 0 Å². The Morgan fingerprint density at radius 1 is 0.731 bits per heavy atom. The number of rotatable bonds is 8. The molecule has 9 heteroatoms. The highest BCUT2D eigenvalue weighted by atomic mass is 16.4. The van der Waals surface area contributed by atoms with E-state index in [-0.39, 0.29) is 18.9 Å². The van der Waals surface area contributed by atoms with Crippen LogP contribution in [-0.4, -0.2) is 128 Å². The van der Waals surface area contributed by atoms with E-state index >= 15 is 0 Å². The summed E-state index contributed by atoms with van der Waals surface area (Å²) in [6.07, 6.45) is 1.70. The van der Waals surface area contributed by atoms with Crippen molar-refractivity contribution in [1.82, 2.24) is 19.6 Å². The van der Waals surface area contributed by atoms with Crippen molar-refractivity contribution >= 4 is 24.3 Å². The van der Waals surface area contributed by atoms with Crippen molar-refractivity contribution in [1.29, 1.82) is 0 Å². The molecule has 1 saturated heterocycles. The maximum absolute atomic E-state index is 11.5. The van der Waals surface area contributed by atoms with Gasteiger partial charge in [-0.3, -0.25) is 29.2 Å². The van der Waals surface area contributed by atoms with E-state index in [9.17, 15) is 19.2 Å². The summed E-state index contributed by atoms with van der Waals surface area (Å²) >= 11 is 0. The molecule has 1 aliphatic heterocycles. The molecule has 0 saturated carbocycles. The number of carboxylic acids is 1. The average molecular weight is 370 g/mol. The number of carboxylic acid groups (broad SMARTS) is 1. The summed E-state index contributed by atoms with van der Waals surface area (Å²) in [5, 5.41) is 9.11. The third-order valence-electron chi connectivity index (χ3n) is 4.40. The summed E-state index contributed by atoms with van der Waals surface area (Å²) in [5.41, 5.74) is 0. The largest absolute Gasteiger partial charge is 0.480 e. The van der Waals surface area contributed by atoms with Crippen LogP contribution in [0.1, 0.15) is 6.92 Å². The molecule has 0 aromatic rings. The van der Waals surface area contributed by atoms with Crippen LogP contribution in [0, 0.1) is 0 Å². The quantitative estimate of drug-likeness (QED) is 0.500.